The summed E-state index contributed by atoms with van der Waals surface area (Å²) in [5.74, 6) is 0. The van der Waals surface area contributed by atoms with Crippen LogP contribution in [0.4, 0.5) is 34.1 Å². The van der Waals surface area contributed by atoms with Crippen LogP contribution in [0.5, 0.6) is 0 Å². The number of hydrogen-bond donors (Lipinski definition) is 0. The van der Waals surface area contributed by atoms with Gasteiger partial charge in [0.25, 0.3) is 0 Å². The summed E-state index contributed by atoms with van der Waals surface area (Å²) in [5, 5.41) is 6.61. The monoisotopic (exact) mass is 984 g/mol. The molecular formula is C72H48N4O. The number of furan rings is 1. The van der Waals surface area contributed by atoms with Crippen LogP contribution in [0.25, 0.3) is 99.2 Å². The predicted octanol–water partition coefficient (Wildman–Crippen LogP) is 20.1. The van der Waals surface area contributed by atoms with E-state index in [1.807, 2.05) is 0 Å². The highest BCUT2D eigenvalue weighted by molar-refractivity contribution is 6.29. The zero-order valence-corrected chi connectivity index (χ0v) is 41.9. The Labute approximate surface area is 445 Å². The molecule has 0 amide bonds. The van der Waals surface area contributed by atoms with Crippen molar-refractivity contribution in [3.05, 3.63) is 291 Å². The van der Waals surface area contributed by atoms with Crippen LogP contribution in [0.1, 0.15) is 0 Å². The summed E-state index contributed by atoms with van der Waals surface area (Å²) in [4.78, 5) is 4.69. The number of aromatic nitrogens is 2. The Morgan fingerprint density at radius 2 is 0.584 bits per heavy atom. The summed E-state index contributed by atoms with van der Waals surface area (Å²) in [7, 11) is 0. The van der Waals surface area contributed by atoms with Crippen LogP contribution in [0.3, 0.4) is 0 Å². The molecule has 0 radical (unpaired) electrons. The minimum atomic E-state index is 0.867. The summed E-state index contributed by atoms with van der Waals surface area (Å²) >= 11 is 0. The summed E-state index contributed by atoms with van der Waals surface area (Å²) in [5.41, 5.74) is 19.5. The molecule has 0 aliphatic rings. The van der Waals surface area contributed by atoms with Crippen molar-refractivity contribution in [2.24, 2.45) is 0 Å². The van der Waals surface area contributed by atoms with Gasteiger partial charge in [-0.3, -0.25) is 0 Å². The Bertz CT molecular complexity index is 4620. The van der Waals surface area contributed by atoms with E-state index in [9.17, 15) is 0 Å². The predicted molar refractivity (Wildman–Crippen MR) is 323 cm³/mol. The zero-order chi connectivity index (χ0) is 50.8. The third-order valence-electron chi connectivity index (χ3n) is 15.3. The lowest BCUT2D eigenvalue weighted by Crippen LogP contribution is -2.10. The van der Waals surface area contributed by atoms with E-state index in [0.29, 0.717) is 0 Å². The molecule has 15 rings (SSSR count). The molecule has 77 heavy (non-hydrogen) atoms. The van der Waals surface area contributed by atoms with Crippen molar-refractivity contribution < 1.29 is 4.42 Å². The lowest BCUT2D eigenvalue weighted by atomic mass is 10.0. The van der Waals surface area contributed by atoms with Crippen LogP contribution in [-0.4, -0.2) is 9.13 Å². The highest BCUT2D eigenvalue weighted by Crippen LogP contribution is 2.47. The second-order valence-corrected chi connectivity index (χ2v) is 19.7. The Hall–Kier alpha value is -10.4. The van der Waals surface area contributed by atoms with Gasteiger partial charge in [-0.15, -0.1) is 0 Å². The summed E-state index contributed by atoms with van der Waals surface area (Å²) < 4.78 is 12.2. The normalized spacial score (nSPS) is 11.6. The third-order valence-corrected chi connectivity index (χ3v) is 15.3. The van der Waals surface area contributed by atoms with Gasteiger partial charge in [-0.2, -0.15) is 0 Å². The van der Waals surface area contributed by atoms with Gasteiger partial charge in [-0.25, -0.2) is 0 Å². The number of rotatable bonds is 10. The van der Waals surface area contributed by atoms with E-state index >= 15 is 0 Å². The maximum atomic E-state index is 7.46. The van der Waals surface area contributed by atoms with E-state index in [1.165, 1.54) is 22.3 Å². The first-order valence-electron chi connectivity index (χ1n) is 26.2. The summed E-state index contributed by atoms with van der Waals surface area (Å²) in [6.45, 7) is 0. The van der Waals surface area contributed by atoms with Gasteiger partial charge >= 0.3 is 0 Å². The van der Waals surface area contributed by atoms with Crippen LogP contribution in [0.2, 0.25) is 0 Å². The zero-order valence-electron chi connectivity index (χ0n) is 41.9. The van der Waals surface area contributed by atoms with E-state index in [-0.39, 0.29) is 0 Å². The summed E-state index contributed by atoms with van der Waals surface area (Å²) in [6, 6.07) is 105. The van der Waals surface area contributed by atoms with Gasteiger partial charge < -0.3 is 23.4 Å². The number of benzene rings is 12. The molecule has 0 spiro atoms. The van der Waals surface area contributed by atoms with Crippen molar-refractivity contribution in [3.8, 4) is 33.6 Å². The van der Waals surface area contributed by atoms with E-state index < -0.39 is 0 Å². The van der Waals surface area contributed by atoms with E-state index in [0.717, 1.165) is 111 Å². The van der Waals surface area contributed by atoms with Crippen molar-refractivity contribution in [2.75, 3.05) is 9.80 Å². The van der Waals surface area contributed by atoms with Gasteiger partial charge in [-0.05, 0) is 156 Å². The lowest BCUT2D eigenvalue weighted by Gasteiger charge is -2.26. The fraction of sp³-hybridized carbons (Fsp3) is 0. The van der Waals surface area contributed by atoms with Crippen LogP contribution in [0.15, 0.2) is 296 Å². The average Bonchev–Trinajstić information content (AvgIpc) is 4.36. The average molecular weight is 985 g/mol. The molecule has 0 aliphatic heterocycles. The number of hydrogen-bond acceptors (Lipinski definition) is 3. The molecule has 0 saturated carbocycles. The second kappa shape index (κ2) is 18.2. The fourth-order valence-electron chi connectivity index (χ4n) is 11.8. The van der Waals surface area contributed by atoms with Gasteiger partial charge in [-0.1, -0.05) is 158 Å². The number of fused-ring (bicyclic) bond motifs is 11. The summed E-state index contributed by atoms with van der Waals surface area (Å²) in [6.07, 6.45) is 0. The molecule has 0 unspecified atom stereocenters. The number of anilines is 6. The minimum Gasteiger partial charge on any atom is -0.455 e. The van der Waals surface area contributed by atoms with Crippen LogP contribution in [0, 0.1) is 0 Å². The van der Waals surface area contributed by atoms with Crippen molar-refractivity contribution in [2.45, 2.75) is 0 Å². The molecule has 0 aliphatic carbocycles. The standard InChI is InChI=1S/C72H48N4O/c1-6-18-49(19-7-1)51-30-34-56(35-31-51)73(53-22-10-3-11-23-53)58-38-40-59(41-39-58)76-66-45-42-60(74(54-24-12-4-13-25-54)57-36-32-52(33-37-57)50-20-8-2-9-21-50)48-64(66)70-68(76)47-44-62-61-43-46-67-69(71(61)77-72(62)70)63-28-16-17-29-65(63)75(67)55-26-14-5-15-27-55/h1-48H. The molecule has 0 saturated heterocycles. The highest BCUT2D eigenvalue weighted by atomic mass is 16.3. The quantitative estimate of drug-likeness (QED) is 0.137. The second-order valence-electron chi connectivity index (χ2n) is 19.7. The molecular weight excluding hydrogens is 937 g/mol. The number of nitrogens with zero attached hydrogens (tertiary/aromatic N) is 4. The van der Waals surface area contributed by atoms with E-state index in [2.05, 4.69) is 310 Å². The van der Waals surface area contributed by atoms with Gasteiger partial charge in [0, 0.05) is 67.0 Å². The fourth-order valence-corrected chi connectivity index (χ4v) is 11.8. The molecule has 5 nitrogen and oxygen atoms in total. The van der Waals surface area contributed by atoms with Gasteiger partial charge in [0.2, 0.25) is 0 Å². The van der Waals surface area contributed by atoms with Gasteiger partial charge in [0.15, 0.2) is 0 Å². The molecule has 3 heterocycles. The Morgan fingerprint density at radius 1 is 0.234 bits per heavy atom. The first-order valence-corrected chi connectivity index (χ1v) is 26.2. The maximum absolute atomic E-state index is 7.46. The largest absolute Gasteiger partial charge is 0.455 e. The van der Waals surface area contributed by atoms with Gasteiger partial charge in [0.05, 0.1) is 32.8 Å². The van der Waals surface area contributed by atoms with Crippen LogP contribution < -0.4 is 9.80 Å². The third kappa shape index (κ3) is 7.39. The highest BCUT2D eigenvalue weighted by Gasteiger charge is 2.24. The van der Waals surface area contributed by atoms with Gasteiger partial charge in [0.1, 0.15) is 11.2 Å². The molecule has 0 fully saturated rings. The van der Waals surface area contributed by atoms with Crippen LogP contribution in [-0.2, 0) is 0 Å². The molecule has 12 aromatic carbocycles. The Balaban J connectivity index is 0.941. The molecule has 0 bridgehead atoms. The van der Waals surface area contributed by atoms with Crippen molar-refractivity contribution in [3.63, 3.8) is 0 Å². The minimum absolute atomic E-state index is 0.867. The smallest absolute Gasteiger partial charge is 0.145 e. The molecule has 0 atom stereocenters. The Kier molecular flexibility index (Phi) is 10.5. The molecule has 3 aromatic heterocycles. The topological polar surface area (TPSA) is 29.5 Å². The Morgan fingerprint density at radius 3 is 1.10 bits per heavy atom. The maximum Gasteiger partial charge on any atom is 0.145 e. The van der Waals surface area contributed by atoms with E-state index in [4.69, 9.17) is 4.42 Å². The number of para-hydroxylation sites is 4. The molecule has 362 valence electrons. The van der Waals surface area contributed by atoms with Crippen molar-refractivity contribution >= 4 is 99.7 Å². The lowest BCUT2D eigenvalue weighted by molar-refractivity contribution is 0.677. The van der Waals surface area contributed by atoms with E-state index in [1.54, 1.807) is 0 Å². The van der Waals surface area contributed by atoms with Crippen LogP contribution >= 0.6 is 0 Å². The first kappa shape index (κ1) is 44.2. The molecule has 15 aromatic rings. The molecule has 5 heteroatoms. The van der Waals surface area contributed by atoms with Crippen molar-refractivity contribution in [1.82, 2.24) is 9.13 Å². The SMILES string of the molecule is c1ccc(-c2ccc(N(c3ccccc3)c3ccc(-n4c5ccc(N(c6ccccc6)c6ccc(-c7ccccc7)cc6)cc5c5c6oc7c(ccc8c7c7ccccc7n8-c7ccccc7)c6ccc54)cc3)cc2)cc1. The molecule has 0 N–H and O–H groups in total. The van der Waals surface area contributed by atoms with Crippen molar-refractivity contribution in [1.29, 1.82) is 0 Å². The first-order chi connectivity index (χ1) is 38.2.